The Hall–Kier alpha value is -2.38. The van der Waals surface area contributed by atoms with E-state index in [-0.39, 0.29) is 0 Å². The number of aliphatic hydroxyl groups excluding tert-OH is 1. The van der Waals surface area contributed by atoms with Crippen molar-refractivity contribution in [3.63, 3.8) is 0 Å². The van der Waals surface area contributed by atoms with Crippen LogP contribution in [0.1, 0.15) is 11.1 Å². The lowest BCUT2D eigenvalue weighted by molar-refractivity contribution is 0.0290. The van der Waals surface area contributed by atoms with Crippen LogP contribution in [0.3, 0.4) is 0 Å². The third kappa shape index (κ3) is 6.57. The molecule has 160 valence electrons. The summed E-state index contributed by atoms with van der Waals surface area (Å²) in [5.41, 5.74) is 4.69. The van der Waals surface area contributed by atoms with Crippen molar-refractivity contribution in [2.45, 2.75) is 19.1 Å². The maximum atomic E-state index is 10.1. The Bertz CT molecular complexity index is 881. The van der Waals surface area contributed by atoms with E-state index < -0.39 is 6.10 Å². The number of benzene rings is 2. The van der Waals surface area contributed by atoms with Gasteiger partial charge in [0.15, 0.2) is 11.5 Å². The zero-order chi connectivity index (χ0) is 21.2. The monoisotopic (exact) mass is 427 g/mol. The zero-order valence-electron chi connectivity index (χ0n) is 17.5. The first-order valence-corrected chi connectivity index (χ1v) is 10.9. The predicted molar refractivity (Wildman–Crippen MR) is 122 cm³/mol. The van der Waals surface area contributed by atoms with E-state index in [1.807, 2.05) is 18.2 Å². The van der Waals surface area contributed by atoms with E-state index in [4.69, 9.17) is 14.2 Å². The van der Waals surface area contributed by atoms with Gasteiger partial charge in [0, 0.05) is 6.54 Å². The van der Waals surface area contributed by atoms with E-state index in [0.717, 1.165) is 35.6 Å². The van der Waals surface area contributed by atoms with Gasteiger partial charge in [0.25, 0.3) is 0 Å². The van der Waals surface area contributed by atoms with Gasteiger partial charge < -0.3 is 24.6 Å². The summed E-state index contributed by atoms with van der Waals surface area (Å²) in [6.45, 7) is 2.04. The van der Waals surface area contributed by atoms with E-state index in [0.29, 0.717) is 19.8 Å². The Morgan fingerprint density at radius 1 is 0.933 bits per heavy atom. The Morgan fingerprint density at radius 2 is 1.70 bits per heavy atom. The highest BCUT2D eigenvalue weighted by Gasteiger charge is 2.07. The van der Waals surface area contributed by atoms with Crippen molar-refractivity contribution in [3.8, 4) is 22.6 Å². The van der Waals surface area contributed by atoms with E-state index in [1.54, 1.807) is 25.6 Å². The molecule has 1 aromatic heterocycles. The average Bonchev–Trinajstić information content (AvgIpc) is 3.32. The Morgan fingerprint density at radius 3 is 2.40 bits per heavy atom. The van der Waals surface area contributed by atoms with Crippen molar-refractivity contribution in [1.82, 2.24) is 5.32 Å². The second-order valence-corrected chi connectivity index (χ2v) is 7.80. The van der Waals surface area contributed by atoms with Crippen LogP contribution in [0.5, 0.6) is 11.5 Å². The molecular formula is C24H29NO4S. The van der Waals surface area contributed by atoms with E-state index in [2.05, 4.69) is 46.4 Å². The Kier molecular flexibility index (Phi) is 8.71. The van der Waals surface area contributed by atoms with Gasteiger partial charge in [-0.05, 0) is 64.2 Å². The number of methoxy groups -OCH3 is 2. The molecule has 0 amide bonds. The first kappa shape index (κ1) is 22.3. The van der Waals surface area contributed by atoms with Crippen LogP contribution < -0.4 is 14.8 Å². The quantitative estimate of drug-likeness (QED) is 0.426. The number of aliphatic hydroxyl groups is 1. The van der Waals surface area contributed by atoms with Crippen molar-refractivity contribution >= 4 is 11.3 Å². The van der Waals surface area contributed by atoms with Gasteiger partial charge in [-0.3, -0.25) is 0 Å². The maximum absolute atomic E-state index is 10.1. The molecule has 6 heteroatoms. The van der Waals surface area contributed by atoms with Crippen LogP contribution in [0.2, 0.25) is 0 Å². The summed E-state index contributed by atoms with van der Waals surface area (Å²) in [5, 5.41) is 17.6. The summed E-state index contributed by atoms with van der Waals surface area (Å²) < 4.78 is 16.2. The van der Waals surface area contributed by atoms with E-state index in [9.17, 15) is 5.11 Å². The Balaban J connectivity index is 1.32. The molecule has 0 saturated heterocycles. The van der Waals surface area contributed by atoms with Gasteiger partial charge in [-0.2, -0.15) is 11.3 Å². The van der Waals surface area contributed by atoms with Crippen molar-refractivity contribution in [1.29, 1.82) is 0 Å². The maximum Gasteiger partial charge on any atom is 0.160 e. The lowest BCUT2D eigenvalue weighted by Crippen LogP contribution is -2.31. The van der Waals surface area contributed by atoms with Crippen molar-refractivity contribution < 1.29 is 19.3 Å². The highest BCUT2D eigenvalue weighted by Crippen LogP contribution is 2.27. The fraction of sp³-hybridized carbons (Fsp3) is 0.333. The largest absolute Gasteiger partial charge is 0.493 e. The summed E-state index contributed by atoms with van der Waals surface area (Å²) >= 11 is 1.70. The van der Waals surface area contributed by atoms with Crippen molar-refractivity contribution in [2.24, 2.45) is 0 Å². The molecule has 2 aromatic carbocycles. The smallest absolute Gasteiger partial charge is 0.160 e. The molecule has 1 heterocycles. The predicted octanol–water partition coefficient (Wildman–Crippen LogP) is 4.14. The topological polar surface area (TPSA) is 60.0 Å². The number of thiophene rings is 1. The summed E-state index contributed by atoms with van der Waals surface area (Å²) in [6.07, 6.45) is 0.296. The minimum absolute atomic E-state index is 0.301. The molecule has 0 spiro atoms. The van der Waals surface area contributed by atoms with Crippen LogP contribution in [0.15, 0.2) is 59.3 Å². The number of hydrogen-bond acceptors (Lipinski definition) is 6. The summed E-state index contributed by atoms with van der Waals surface area (Å²) in [4.78, 5) is 0. The number of ether oxygens (including phenoxy) is 3. The molecule has 0 saturated carbocycles. The molecule has 2 N–H and O–H groups in total. The fourth-order valence-corrected chi connectivity index (χ4v) is 3.80. The van der Waals surface area contributed by atoms with Crippen LogP contribution in [0.25, 0.3) is 11.1 Å². The van der Waals surface area contributed by atoms with Gasteiger partial charge in [-0.1, -0.05) is 30.3 Å². The van der Waals surface area contributed by atoms with Gasteiger partial charge in [0.05, 0.1) is 33.5 Å². The first-order valence-electron chi connectivity index (χ1n) is 9.98. The molecule has 1 atom stereocenters. The third-order valence-corrected chi connectivity index (χ3v) is 5.49. The van der Waals surface area contributed by atoms with E-state index in [1.165, 1.54) is 11.1 Å². The molecule has 0 fully saturated rings. The second-order valence-electron chi connectivity index (χ2n) is 7.02. The number of rotatable bonds is 12. The lowest BCUT2D eigenvalue weighted by Gasteiger charge is -2.13. The first-order chi connectivity index (χ1) is 14.7. The molecule has 3 rings (SSSR count). The second kappa shape index (κ2) is 11.7. The SMILES string of the molecule is COc1ccc(CCNCC(O)COCc2ccc(-c3ccsc3)cc2)cc1OC. The van der Waals surface area contributed by atoms with Crippen LogP contribution in [-0.2, 0) is 17.8 Å². The minimum atomic E-state index is -0.541. The zero-order valence-corrected chi connectivity index (χ0v) is 18.3. The molecule has 0 aliphatic carbocycles. The van der Waals surface area contributed by atoms with Crippen LogP contribution in [0.4, 0.5) is 0 Å². The molecular weight excluding hydrogens is 398 g/mol. The minimum Gasteiger partial charge on any atom is -0.493 e. The van der Waals surface area contributed by atoms with Crippen molar-refractivity contribution in [2.75, 3.05) is 33.9 Å². The fourth-order valence-electron chi connectivity index (χ4n) is 3.13. The molecule has 3 aromatic rings. The molecule has 0 aliphatic heterocycles. The molecule has 5 nitrogen and oxygen atoms in total. The standard InChI is InChI=1S/C24H29NO4S/c1-27-23-8-5-18(13-24(23)28-2)9-11-25-14-22(26)16-29-15-19-3-6-20(7-4-19)21-10-12-30-17-21/h3-8,10,12-13,17,22,25-26H,9,11,14-16H2,1-2H3. The summed E-state index contributed by atoms with van der Waals surface area (Å²) in [5.74, 6) is 1.45. The summed E-state index contributed by atoms with van der Waals surface area (Å²) in [7, 11) is 3.26. The molecule has 30 heavy (non-hydrogen) atoms. The third-order valence-electron chi connectivity index (χ3n) is 4.81. The van der Waals surface area contributed by atoms with Crippen LogP contribution >= 0.6 is 11.3 Å². The number of nitrogens with one attached hydrogen (secondary N) is 1. The van der Waals surface area contributed by atoms with E-state index >= 15 is 0 Å². The molecule has 1 unspecified atom stereocenters. The van der Waals surface area contributed by atoms with Crippen LogP contribution in [-0.4, -0.2) is 45.1 Å². The van der Waals surface area contributed by atoms with Gasteiger partial charge in [0.2, 0.25) is 0 Å². The normalized spacial score (nSPS) is 12.0. The lowest BCUT2D eigenvalue weighted by atomic mass is 10.1. The van der Waals surface area contributed by atoms with Gasteiger partial charge in [0.1, 0.15) is 0 Å². The van der Waals surface area contributed by atoms with Gasteiger partial charge >= 0.3 is 0 Å². The average molecular weight is 428 g/mol. The molecule has 0 bridgehead atoms. The molecule has 0 aliphatic rings. The molecule has 0 radical (unpaired) electrons. The van der Waals surface area contributed by atoms with Crippen molar-refractivity contribution in [3.05, 3.63) is 70.4 Å². The summed E-state index contributed by atoms with van der Waals surface area (Å²) in [6, 6.07) is 16.4. The highest BCUT2D eigenvalue weighted by atomic mass is 32.1. The Labute approximate surface area is 182 Å². The van der Waals surface area contributed by atoms with Gasteiger partial charge in [-0.15, -0.1) is 0 Å². The van der Waals surface area contributed by atoms with Gasteiger partial charge in [-0.25, -0.2) is 0 Å². The van der Waals surface area contributed by atoms with Crippen LogP contribution in [0, 0.1) is 0 Å². The number of hydrogen-bond donors (Lipinski definition) is 2. The highest BCUT2D eigenvalue weighted by molar-refractivity contribution is 7.08.